The van der Waals surface area contributed by atoms with E-state index in [4.69, 9.17) is 4.42 Å². The number of sulfonamides is 1. The number of amides is 2. The lowest BCUT2D eigenvalue weighted by atomic mass is 10.1. The van der Waals surface area contributed by atoms with Gasteiger partial charge in [-0.3, -0.25) is 0 Å². The number of furan rings is 1. The molecule has 1 atom stereocenters. The number of rotatable bonds is 4. The van der Waals surface area contributed by atoms with Gasteiger partial charge < -0.3 is 14.6 Å². The highest BCUT2D eigenvalue weighted by atomic mass is 32.2. The summed E-state index contributed by atoms with van der Waals surface area (Å²) in [5.74, 6) is 0.703. The largest absolute Gasteiger partial charge is 0.467 e. The van der Waals surface area contributed by atoms with Crippen LogP contribution in [0.2, 0.25) is 0 Å². The molecule has 8 heteroatoms. The highest BCUT2D eigenvalue weighted by molar-refractivity contribution is 7.88. The Morgan fingerprint density at radius 1 is 1.57 bits per heavy atom. The zero-order valence-corrected chi connectivity index (χ0v) is 13.1. The molecule has 0 spiro atoms. The summed E-state index contributed by atoms with van der Waals surface area (Å²) in [5, 5.41) is 2.87. The van der Waals surface area contributed by atoms with E-state index in [1.165, 1.54) is 15.5 Å². The van der Waals surface area contributed by atoms with Crippen molar-refractivity contribution in [1.82, 2.24) is 14.5 Å². The maximum Gasteiger partial charge on any atom is 0.317 e. The second-order valence-corrected chi connectivity index (χ2v) is 7.33. The number of piperidine rings is 1. The summed E-state index contributed by atoms with van der Waals surface area (Å²) in [4.78, 5) is 13.6. The molecule has 2 heterocycles. The molecule has 2 rings (SSSR count). The SMILES string of the molecule is CN(Cc1ccco1)C(=O)NC1CCCN(S(C)(=O)=O)C1. The van der Waals surface area contributed by atoms with Crippen LogP contribution in [0.25, 0.3) is 0 Å². The third-order valence-corrected chi connectivity index (χ3v) is 4.77. The Hall–Kier alpha value is -1.54. The zero-order chi connectivity index (χ0) is 15.5. The lowest BCUT2D eigenvalue weighted by molar-refractivity contribution is 0.191. The van der Waals surface area contributed by atoms with Gasteiger partial charge in [-0.2, -0.15) is 0 Å². The lowest BCUT2D eigenvalue weighted by Gasteiger charge is -2.32. The van der Waals surface area contributed by atoms with Gasteiger partial charge >= 0.3 is 6.03 Å². The number of hydrogen-bond acceptors (Lipinski definition) is 4. The monoisotopic (exact) mass is 315 g/mol. The van der Waals surface area contributed by atoms with Crippen LogP contribution in [0, 0.1) is 0 Å². The van der Waals surface area contributed by atoms with Crippen molar-refractivity contribution in [2.75, 3.05) is 26.4 Å². The molecule has 1 aliphatic rings. The van der Waals surface area contributed by atoms with Crippen LogP contribution in [-0.4, -0.2) is 56.1 Å². The van der Waals surface area contributed by atoms with Gasteiger partial charge in [0.05, 0.1) is 19.1 Å². The molecule has 0 radical (unpaired) electrons. The van der Waals surface area contributed by atoms with E-state index in [0.717, 1.165) is 12.8 Å². The molecule has 2 amide bonds. The molecule has 1 aromatic heterocycles. The third-order valence-electron chi connectivity index (χ3n) is 3.50. The number of nitrogens with zero attached hydrogens (tertiary/aromatic N) is 2. The molecule has 1 unspecified atom stereocenters. The zero-order valence-electron chi connectivity index (χ0n) is 12.3. The van der Waals surface area contributed by atoms with Gasteiger partial charge in [-0.05, 0) is 25.0 Å². The first kappa shape index (κ1) is 15.8. The van der Waals surface area contributed by atoms with Crippen molar-refractivity contribution >= 4 is 16.1 Å². The van der Waals surface area contributed by atoms with Crippen LogP contribution in [0.1, 0.15) is 18.6 Å². The van der Waals surface area contributed by atoms with Crippen LogP contribution in [0.4, 0.5) is 4.79 Å². The van der Waals surface area contributed by atoms with Gasteiger partial charge in [0.2, 0.25) is 10.0 Å². The van der Waals surface area contributed by atoms with Crippen molar-refractivity contribution in [2.45, 2.75) is 25.4 Å². The van der Waals surface area contributed by atoms with Gasteiger partial charge in [0, 0.05) is 26.2 Å². The minimum absolute atomic E-state index is 0.153. The minimum atomic E-state index is -3.20. The van der Waals surface area contributed by atoms with Crippen molar-refractivity contribution in [3.05, 3.63) is 24.2 Å². The summed E-state index contributed by atoms with van der Waals surface area (Å²) < 4.78 is 29.7. The van der Waals surface area contributed by atoms with Crippen LogP contribution in [-0.2, 0) is 16.6 Å². The molecule has 1 aromatic rings. The Bertz CT molecular complexity index is 570. The quantitative estimate of drug-likeness (QED) is 0.893. The highest BCUT2D eigenvalue weighted by Gasteiger charge is 2.27. The van der Waals surface area contributed by atoms with E-state index in [9.17, 15) is 13.2 Å². The Morgan fingerprint density at radius 2 is 2.33 bits per heavy atom. The average molecular weight is 315 g/mol. The maximum atomic E-state index is 12.1. The number of carbonyl (C=O) groups is 1. The van der Waals surface area contributed by atoms with Gasteiger partial charge in [-0.15, -0.1) is 0 Å². The summed E-state index contributed by atoms with van der Waals surface area (Å²) in [5.41, 5.74) is 0. The van der Waals surface area contributed by atoms with E-state index in [-0.39, 0.29) is 12.1 Å². The fourth-order valence-electron chi connectivity index (χ4n) is 2.35. The van der Waals surface area contributed by atoms with E-state index in [1.807, 2.05) is 0 Å². The molecule has 7 nitrogen and oxygen atoms in total. The predicted molar refractivity (Wildman–Crippen MR) is 78.1 cm³/mol. The van der Waals surface area contributed by atoms with Crippen LogP contribution in [0.15, 0.2) is 22.8 Å². The molecule has 0 aliphatic carbocycles. The molecular formula is C13H21N3O4S. The van der Waals surface area contributed by atoms with Crippen molar-refractivity contribution < 1.29 is 17.6 Å². The van der Waals surface area contributed by atoms with Crippen LogP contribution in [0.5, 0.6) is 0 Å². The van der Waals surface area contributed by atoms with E-state index in [0.29, 0.717) is 25.4 Å². The maximum absolute atomic E-state index is 12.1. The van der Waals surface area contributed by atoms with E-state index in [2.05, 4.69) is 5.32 Å². The summed E-state index contributed by atoms with van der Waals surface area (Å²) in [6.07, 6.45) is 4.29. The second-order valence-electron chi connectivity index (χ2n) is 5.35. The molecule has 118 valence electrons. The number of nitrogens with one attached hydrogen (secondary N) is 1. The molecule has 0 saturated carbocycles. The first-order chi connectivity index (χ1) is 9.86. The normalized spacial score (nSPS) is 20.2. The summed E-state index contributed by atoms with van der Waals surface area (Å²) in [7, 11) is -1.53. The van der Waals surface area contributed by atoms with Crippen molar-refractivity contribution in [1.29, 1.82) is 0 Å². The van der Waals surface area contributed by atoms with E-state index >= 15 is 0 Å². The number of hydrogen-bond donors (Lipinski definition) is 1. The topological polar surface area (TPSA) is 82.9 Å². The smallest absolute Gasteiger partial charge is 0.317 e. The molecular weight excluding hydrogens is 294 g/mol. The summed E-state index contributed by atoms with van der Waals surface area (Å²) in [6.45, 7) is 1.23. The van der Waals surface area contributed by atoms with Crippen molar-refractivity contribution in [3.63, 3.8) is 0 Å². The predicted octanol–water partition coefficient (Wildman–Crippen LogP) is 0.845. The highest BCUT2D eigenvalue weighted by Crippen LogP contribution is 2.13. The number of urea groups is 1. The van der Waals surface area contributed by atoms with Gasteiger partial charge in [0.25, 0.3) is 0 Å². The average Bonchev–Trinajstić information content (AvgIpc) is 2.91. The Morgan fingerprint density at radius 3 is 2.95 bits per heavy atom. The van der Waals surface area contributed by atoms with Gasteiger partial charge in [-0.1, -0.05) is 0 Å². The third kappa shape index (κ3) is 4.47. The van der Waals surface area contributed by atoms with E-state index in [1.54, 1.807) is 25.4 Å². The van der Waals surface area contributed by atoms with Crippen LogP contribution in [0.3, 0.4) is 0 Å². The number of carbonyl (C=O) groups excluding carboxylic acids is 1. The minimum Gasteiger partial charge on any atom is -0.467 e. The Labute approximate surface area is 124 Å². The summed E-state index contributed by atoms with van der Waals surface area (Å²) in [6, 6.07) is 3.19. The Balaban J connectivity index is 1.87. The van der Waals surface area contributed by atoms with Crippen LogP contribution < -0.4 is 5.32 Å². The first-order valence-electron chi connectivity index (χ1n) is 6.85. The van der Waals surface area contributed by atoms with Crippen LogP contribution >= 0.6 is 0 Å². The standard InChI is InChI=1S/C13H21N3O4S/c1-15(10-12-6-4-8-20-12)13(17)14-11-5-3-7-16(9-11)21(2,18)19/h4,6,8,11H,3,5,7,9-10H2,1-2H3,(H,14,17). The molecule has 1 saturated heterocycles. The molecule has 0 aromatic carbocycles. The van der Waals surface area contributed by atoms with Crippen molar-refractivity contribution in [3.8, 4) is 0 Å². The molecule has 1 fully saturated rings. The van der Waals surface area contributed by atoms with E-state index < -0.39 is 10.0 Å². The summed E-state index contributed by atoms with van der Waals surface area (Å²) >= 11 is 0. The second kappa shape index (κ2) is 6.48. The lowest BCUT2D eigenvalue weighted by Crippen LogP contribution is -2.51. The molecule has 21 heavy (non-hydrogen) atoms. The Kier molecular flexibility index (Phi) is 4.89. The molecule has 1 N–H and O–H groups in total. The van der Waals surface area contributed by atoms with Crippen molar-refractivity contribution in [2.24, 2.45) is 0 Å². The molecule has 0 bridgehead atoms. The van der Waals surface area contributed by atoms with Gasteiger partial charge in [0.15, 0.2) is 0 Å². The van der Waals surface area contributed by atoms with Gasteiger partial charge in [0.1, 0.15) is 5.76 Å². The first-order valence-corrected chi connectivity index (χ1v) is 8.70. The van der Waals surface area contributed by atoms with Gasteiger partial charge in [-0.25, -0.2) is 17.5 Å². The molecule has 1 aliphatic heterocycles. The fraction of sp³-hybridized carbons (Fsp3) is 0.615. The fourth-order valence-corrected chi connectivity index (χ4v) is 3.27.